The van der Waals surface area contributed by atoms with Gasteiger partial charge in [-0.3, -0.25) is 4.79 Å². The zero-order chi connectivity index (χ0) is 16.8. The zero-order valence-electron chi connectivity index (χ0n) is 12.4. The van der Waals surface area contributed by atoms with E-state index in [2.05, 4.69) is 21.2 Å². The molecule has 23 heavy (non-hydrogen) atoms. The maximum Gasteiger partial charge on any atom is 0.339 e. The van der Waals surface area contributed by atoms with Crippen molar-refractivity contribution in [2.75, 3.05) is 6.61 Å². The van der Waals surface area contributed by atoms with Crippen molar-refractivity contribution in [3.8, 4) is 0 Å². The average molecular weight is 397 g/mol. The second-order valence-electron chi connectivity index (χ2n) is 4.90. The molecule has 2 rings (SSSR count). The van der Waals surface area contributed by atoms with Crippen molar-refractivity contribution >= 4 is 39.4 Å². The van der Waals surface area contributed by atoms with Crippen LogP contribution < -0.4 is 5.32 Å². The standard InChI is InChI=1S/C17H15BrClNO3/c1-11(12-5-4-6-13(19)9-12)20-16(21)10-23-17(22)14-7-2-3-8-15(14)18/h2-9,11H,10H2,1H3,(H,20,21). The largest absolute Gasteiger partial charge is 0.452 e. The van der Waals surface area contributed by atoms with E-state index in [-0.39, 0.29) is 18.6 Å². The third kappa shape index (κ3) is 5.08. The quantitative estimate of drug-likeness (QED) is 0.773. The SMILES string of the molecule is CC(NC(=O)COC(=O)c1ccccc1Br)c1cccc(Cl)c1. The Morgan fingerprint density at radius 2 is 1.96 bits per heavy atom. The van der Waals surface area contributed by atoms with Gasteiger partial charge in [0.15, 0.2) is 6.61 Å². The highest BCUT2D eigenvalue weighted by molar-refractivity contribution is 9.10. The first kappa shape index (κ1) is 17.5. The molecule has 0 aliphatic carbocycles. The summed E-state index contributed by atoms with van der Waals surface area (Å²) in [6, 6.07) is 13.9. The Balaban J connectivity index is 1.88. The first-order valence-electron chi connectivity index (χ1n) is 6.94. The van der Waals surface area contributed by atoms with Gasteiger partial charge in [-0.15, -0.1) is 0 Å². The third-order valence-electron chi connectivity index (χ3n) is 3.15. The summed E-state index contributed by atoms with van der Waals surface area (Å²) in [5.41, 5.74) is 1.26. The molecule has 1 atom stereocenters. The fourth-order valence-corrected chi connectivity index (χ4v) is 2.62. The normalized spacial score (nSPS) is 11.6. The van der Waals surface area contributed by atoms with Crippen LogP contribution in [-0.4, -0.2) is 18.5 Å². The van der Waals surface area contributed by atoms with Gasteiger partial charge in [-0.1, -0.05) is 35.9 Å². The Kier molecular flexibility index (Phi) is 6.19. The number of ether oxygens (including phenoxy) is 1. The fraction of sp³-hybridized carbons (Fsp3) is 0.176. The molecular weight excluding hydrogens is 382 g/mol. The van der Waals surface area contributed by atoms with Gasteiger partial charge in [-0.2, -0.15) is 0 Å². The Bertz CT molecular complexity index is 720. The van der Waals surface area contributed by atoms with Gasteiger partial charge in [0.1, 0.15) is 0 Å². The molecule has 1 N–H and O–H groups in total. The highest BCUT2D eigenvalue weighted by Gasteiger charge is 2.14. The van der Waals surface area contributed by atoms with Crippen molar-refractivity contribution in [3.05, 3.63) is 69.2 Å². The van der Waals surface area contributed by atoms with Crippen LogP contribution in [0.25, 0.3) is 0 Å². The van der Waals surface area contributed by atoms with Crippen LogP contribution in [0.5, 0.6) is 0 Å². The predicted octanol–water partition coefficient (Wildman–Crippen LogP) is 4.14. The van der Waals surface area contributed by atoms with Gasteiger partial charge < -0.3 is 10.1 Å². The molecule has 0 saturated carbocycles. The molecular formula is C17H15BrClNO3. The highest BCUT2D eigenvalue weighted by atomic mass is 79.9. The van der Waals surface area contributed by atoms with Crippen LogP contribution in [0.15, 0.2) is 53.0 Å². The monoisotopic (exact) mass is 395 g/mol. The molecule has 2 aromatic carbocycles. The number of hydrogen-bond acceptors (Lipinski definition) is 3. The van der Waals surface area contributed by atoms with Crippen molar-refractivity contribution in [1.82, 2.24) is 5.32 Å². The van der Waals surface area contributed by atoms with Crippen LogP contribution in [-0.2, 0) is 9.53 Å². The smallest absolute Gasteiger partial charge is 0.339 e. The number of hydrogen-bond donors (Lipinski definition) is 1. The van der Waals surface area contributed by atoms with Gasteiger partial charge in [0, 0.05) is 9.50 Å². The Morgan fingerprint density at radius 3 is 2.65 bits per heavy atom. The number of amides is 1. The second-order valence-corrected chi connectivity index (χ2v) is 6.19. The lowest BCUT2D eigenvalue weighted by atomic mass is 10.1. The number of carbonyl (C=O) groups is 2. The minimum Gasteiger partial charge on any atom is -0.452 e. The van der Waals surface area contributed by atoms with E-state index in [0.717, 1.165) is 5.56 Å². The molecule has 120 valence electrons. The molecule has 1 unspecified atom stereocenters. The topological polar surface area (TPSA) is 55.4 Å². The average Bonchev–Trinajstić information content (AvgIpc) is 2.53. The summed E-state index contributed by atoms with van der Waals surface area (Å²) in [5.74, 6) is -0.930. The van der Waals surface area contributed by atoms with E-state index in [1.165, 1.54) is 0 Å². The van der Waals surface area contributed by atoms with E-state index in [9.17, 15) is 9.59 Å². The molecule has 6 heteroatoms. The number of nitrogens with one attached hydrogen (secondary N) is 1. The molecule has 0 aliphatic heterocycles. The van der Waals surface area contributed by atoms with Crippen molar-refractivity contribution in [3.63, 3.8) is 0 Å². The summed E-state index contributed by atoms with van der Waals surface area (Å²) >= 11 is 9.19. The van der Waals surface area contributed by atoms with Crippen LogP contribution in [0.2, 0.25) is 5.02 Å². The first-order chi connectivity index (χ1) is 11.0. The van der Waals surface area contributed by atoms with Crippen LogP contribution in [0, 0.1) is 0 Å². The maximum absolute atomic E-state index is 11.9. The van der Waals surface area contributed by atoms with Crippen LogP contribution in [0.3, 0.4) is 0 Å². The lowest BCUT2D eigenvalue weighted by molar-refractivity contribution is -0.124. The van der Waals surface area contributed by atoms with Gasteiger partial charge in [0.25, 0.3) is 5.91 Å². The lowest BCUT2D eigenvalue weighted by Gasteiger charge is -2.14. The van der Waals surface area contributed by atoms with E-state index in [1.807, 2.05) is 19.1 Å². The molecule has 1 amide bonds. The van der Waals surface area contributed by atoms with Gasteiger partial charge in [-0.05, 0) is 52.7 Å². The minimum absolute atomic E-state index is 0.233. The summed E-state index contributed by atoms with van der Waals surface area (Å²) in [5, 5.41) is 3.36. The number of benzene rings is 2. The summed E-state index contributed by atoms with van der Waals surface area (Å²) in [4.78, 5) is 23.8. The van der Waals surface area contributed by atoms with E-state index in [0.29, 0.717) is 15.1 Å². The van der Waals surface area contributed by atoms with Gasteiger partial charge in [0.05, 0.1) is 11.6 Å². The summed E-state index contributed by atoms with van der Waals surface area (Å²) in [6.07, 6.45) is 0. The Morgan fingerprint density at radius 1 is 1.22 bits per heavy atom. The molecule has 2 aromatic rings. The van der Waals surface area contributed by atoms with Gasteiger partial charge >= 0.3 is 5.97 Å². The number of esters is 1. The lowest BCUT2D eigenvalue weighted by Crippen LogP contribution is -2.31. The maximum atomic E-state index is 11.9. The predicted molar refractivity (Wildman–Crippen MR) is 92.4 cm³/mol. The van der Waals surface area contributed by atoms with E-state index in [1.54, 1.807) is 36.4 Å². The summed E-state index contributed by atoms with van der Waals surface area (Å²) in [7, 11) is 0. The molecule has 0 aliphatic rings. The van der Waals surface area contributed by atoms with Gasteiger partial charge in [0.2, 0.25) is 0 Å². The molecule has 0 aromatic heterocycles. The van der Waals surface area contributed by atoms with Crippen molar-refractivity contribution in [2.45, 2.75) is 13.0 Å². The van der Waals surface area contributed by atoms with Gasteiger partial charge in [-0.25, -0.2) is 4.79 Å². The highest BCUT2D eigenvalue weighted by Crippen LogP contribution is 2.18. The first-order valence-corrected chi connectivity index (χ1v) is 8.11. The molecule has 0 heterocycles. The zero-order valence-corrected chi connectivity index (χ0v) is 14.7. The second kappa shape index (κ2) is 8.13. The Hall–Kier alpha value is -1.85. The van der Waals surface area contributed by atoms with Crippen LogP contribution in [0.4, 0.5) is 0 Å². The number of halogens is 2. The van der Waals surface area contributed by atoms with Crippen molar-refractivity contribution < 1.29 is 14.3 Å². The van der Waals surface area contributed by atoms with E-state index >= 15 is 0 Å². The molecule has 0 spiro atoms. The number of carbonyl (C=O) groups excluding carboxylic acids is 2. The third-order valence-corrected chi connectivity index (χ3v) is 4.08. The molecule has 0 radical (unpaired) electrons. The molecule has 4 nitrogen and oxygen atoms in total. The molecule has 0 bridgehead atoms. The van der Waals surface area contributed by atoms with Crippen molar-refractivity contribution in [2.24, 2.45) is 0 Å². The molecule has 0 saturated heterocycles. The van der Waals surface area contributed by atoms with Crippen molar-refractivity contribution in [1.29, 1.82) is 0 Å². The Labute approximate surface area is 147 Å². The summed E-state index contributed by atoms with van der Waals surface area (Å²) in [6.45, 7) is 1.49. The van der Waals surface area contributed by atoms with Crippen LogP contribution >= 0.6 is 27.5 Å². The summed E-state index contributed by atoms with van der Waals surface area (Å²) < 4.78 is 5.65. The minimum atomic E-state index is -0.553. The fourth-order valence-electron chi connectivity index (χ4n) is 1.98. The van der Waals surface area contributed by atoms with E-state index in [4.69, 9.17) is 16.3 Å². The van der Waals surface area contributed by atoms with Crippen LogP contribution in [0.1, 0.15) is 28.9 Å². The molecule has 0 fully saturated rings. The van der Waals surface area contributed by atoms with E-state index < -0.39 is 5.97 Å². The number of rotatable bonds is 5.